The van der Waals surface area contributed by atoms with Crippen molar-refractivity contribution in [2.45, 2.75) is 275 Å². The monoisotopic (exact) mass is 892 g/mol. The number of aliphatic hydroxyl groups is 4. The Hall–Kier alpha value is -1.16. The van der Waals surface area contributed by atoms with Gasteiger partial charge in [-0.15, -0.1) is 0 Å². The Morgan fingerprint density at radius 3 is 1.43 bits per heavy atom. The van der Waals surface area contributed by atoms with Crippen LogP contribution in [0.5, 0.6) is 0 Å². The van der Waals surface area contributed by atoms with Crippen molar-refractivity contribution >= 4 is 16.3 Å². The highest BCUT2D eigenvalue weighted by Crippen LogP contribution is 2.26. The van der Waals surface area contributed by atoms with Crippen LogP contribution in [0.15, 0.2) is 12.2 Å². The molecule has 61 heavy (non-hydrogen) atoms. The summed E-state index contributed by atoms with van der Waals surface area (Å²) in [6, 6.07) is -0.938. The van der Waals surface area contributed by atoms with Crippen molar-refractivity contribution in [3.63, 3.8) is 0 Å². The van der Waals surface area contributed by atoms with Crippen LogP contribution in [0.4, 0.5) is 0 Å². The molecule has 1 rings (SSSR count). The standard InChI is InChI=1S/C48H93NO11S/c1-3-5-7-9-11-13-15-17-19-20-21-22-23-24-26-28-30-32-34-36-38-44(52)49-41(40-58-48-46(54)47(60-61(55,56)57)45(53)43(39-50)59-48)42(51)37-35-33-31-29-27-25-18-16-14-12-10-8-6-4-2/h35,37,41-43,45-48,50-51,53-54H,3-34,36,38-40H2,1-2H3,(H,49,52)(H,55,56,57)/b37-35+. The van der Waals surface area contributed by atoms with Gasteiger partial charge in [-0.3, -0.25) is 9.35 Å². The number of allylic oxidation sites excluding steroid dienone is 1. The van der Waals surface area contributed by atoms with Crippen LogP contribution in [0.1, 0.15) is 232 Å². The van der Waals surface area contributed by atoms with E-state index in [-0.39, 0.29) is 18.9 Å². The molecule has 0 spiro atoms. The number of unbranched alkanes of at least 4 members (excludes halogenated alkanes) is 31. The maximum atomic E-state index is 13.1. The molecule has 6 N–H and O–H groups in total. The van der Waals surface area contributed by atoms with E-state index < -0.39 is 59.9 Å². The van der Waals surface area contributed by atoms with E-state index in [1.807, 2.05) is 6.08 Å². The van der Waals surface area contributed by atoms with E-state index in [9.17, 15) is 38.2 Å². The second kappa shape index (κ2) is 39.2. The van der Waals surface area contributed by atoms with Gasteiger partial charge in [-0.1, -0.05) is 219 Å². The minimum atomic E-state index is -5.08. The lowest BCUT2D eigenvalue weighted by Crippen LogP contribution is -2.61. The first kappa shape index (κ1) is 57.9. The van der Waals surface area contributed by atoms with Gasteiger partial charge in [0.2, 0.25) is 5.91 Å². The highest BCUT2D eigenvalue weighted by molar-refractivity contribution is 7.80. The Balaban J connectivity index is 2.44. The molecule has 1 aliphatic heterocycles. The van der Waals surface area contributed by atoms with Gasteiger partial charge in [0.1, 0.15) is 24.4 Å². The maximum absolute atomic E-state index is 13.1. The zero-order valence-electron chi connectivity index (χ0n) is 38.7. The van der Waals surface area contributed by atoms with Gasteiger partial charge >= 0.3 is 10.4 Å². The van der Waals surface area contributed by atoms with Gasteiger partial charge in [-0.2, -0.15) is 8.42 Å². The zero-order chi connectivity index (χ0) is 44.8. The molecule has 362 valence electrons. The molecule has 1 heterocycles. The van der Waals surface area contributed by atoms with E-state index in [2.05, 4.69) is 23.3 Å². The number of amides is 1. The summed E-state index contributed by atoms with van der Waals surface area (Å²) in [6.45, 7) is 3.41. The van der Waals surface area contributed by atoms with Gasteiger partial charge in [0.15, 0.2) is 6.29 Å². The average Bonchev–Trinajstić information content (AvgIpc) is 3.23. The summed E-state index contributed by atoms with van der Waals surface area (Å²) in [6.07, 6.45) is 35.3. The van der Waals surface area contributed by atoms with E-state index in [4.69, 9.17) is 9.47 Å². The SMILES string of the molecule is CCCCCCCCCCCCCC/C=C/C(O)C(COC1OC(CO)C(O)C(OS(=O)(=O)O)C1O)NC(=O)CCCCCCCCCCCCCCCCCCCCCC. The van der Waals surface area contributed by atoms with Crippen molar-refractivity contribution in [3.8, 4) is 0 Å². The van der Waals surface area contributed by atoms with Crippen LogP contribution in [-0.2, 0) is 28.9 Å². The molecule has 0 saturated carbocycles. The average molecular weight is 892 g/mol. The Labute approximate surface area is 372 Å². The van der Waals surface area contributed by atoms with E-state index >= 15 is 0 Å². The number of carbonyl (C=O) groups is 1. The molecule has 0 aromatic rings. The van der Waals surface area contributed by atoms with Gasteiger partial charge in [0, 0.05) is 6.42 Å². The van der Waals surface area contributed by atoms with Gasteiger partial charge in [0.25, 0.3) is 0 Å². The Morgan fingerprint density at radius 2 is 1.03 bits per heavy atom. The third-order valence-electron chi connectivity index (χ3n) is 12.1. The summed E-state index contributed by atoms with van der Waals surface area (Å²) in [7, 11) is -5.08. The molecule has 0 aromatic heterocycles. The van der Waals surface area contributed by atoms with Gasteiger partial charge < -0.3 is 35.2 Å². The molecule has 0 aliphatic carbocycles. The molecule has 1 saturated heterocycles. The van der Waals surface area contributed by atoms with Gasteiger partial charge in [-0.25, -0.2) is 4.18 Å². The highest BCUT2D eigenvalue weighted by Gasteiger charge is 2.48. The van der Waals surface area contributed by atoms with E-state index in [0.29, 0.717) is 6.42 Å². The summed E-state index contributed by atoms with van der Waals surface area (Å²) in [5.74, 6) is -0.259. The van der Waals surface area contributed by atoms with Crippen LogP contribution in [0.25, 0.3) is 0 Å². The third-order valence-corrected chi connectivity index (χ3v) is 12.5. The number of ether oxygens (including phenoxy) is 2. The lowest BCUT2D eigenvalue weighted by Gasteiger charge is -2.41. The quantitative estimate of drug-likeness (QED) is 0.0194. The van der Waals surface area contributed by atoms with Gasteiger partial charge in [0.05, 0.1) is 25.4 Å². The molecule has 1 amide bonds. The van der Waals surface area contributed by atoms with Crippen LogP contribution in [-0.4, -0.2) is 95.4 Å². The molecule has 12 nitrogen and oxygen atoms in total. The van der Waals surface area contributed by atoms with Crippen LogP contribution >= 0.6 is 0 Å². The molecule has 0 radical (unpaired) electrons. The third kappa shape index (κ3) is 32.2. The van der Waals surface area contributed by atoms with E-state index in [1.54, 1.807) is 6.08 Å². The first-order valence-corrected chi connectivity index (χ1v) is 26.4. The largest absolute Gasteiger partial charge is 0.397 e. The number of hydrogen-bond donors (Lipinski definition) is 6. The molecular formula is C48H93NO11S. The number of carbonyl (C=O) groups excluding carboxylic acids is 1. The number of aliphatic hydroxyl groups excluding tert-OH is 4. The van der Waals surface area contributed by atoms with Crippen molar-refractivity contribution in [2.75, 3.05) is 13.2 Å². The summed E-state index contributed by atoms with van der Waals surface area (Å²) in [4.78, 5) is 13.1. The summed E-state index contributed by atoms with van der Waals surface area (Å²) >= 11 is 0. The second-order valence-electron chi connectivity index (χ2n) is 17.8. The molecule has 7 atom stereocenters. The Bertz CT molecular complexity index is 1140. The second-order valence-corrected chi connectivity index (χ2v) is 18.8. The van der Waals surface area contributed by atoms with E-state index in [0.717, 1.165) is 38.5 Å². The molecule has 1 aliphatic rings. The fourth-order valence-electron chi connectivity index (χ4n) is 8.16. The zero-order valence-corrected chi connectivity index (χ0v) is 39.6. The first-order valence-electron chi connectivity index (χ1n) is 25.1. The van der Waals surface area contributed by atoms with Crippen molar-refractivity contribution in [1.29, 1.82) is 0 Å². The molecule has 13 heteroatoms. The van der Waals surface area contributed by atoms with Crippen LogP contribution < -0.4 is 5.32 Å². The predicted molar refractivity (Wildman–Crippen MR) is 246 cm³/mol. The van der Waals surface area contributed by atoms with Gasteiger partial charge in [-0.05, 0) is 19.3 Å². The summed E-state index contributed by atoms with van der Waals surface area (Å²) < 4.78 is 47.6. The van der Waals surface area contributed by atoms with Crippen LogP contribution in [0.2, 0.25) is 0 Å². The fraction of sp³-hybridized carbons (Fsp3) is 0.938. The van der Waals surface area contributed by atoms with Crippen LogP contribution in [0, 0.1) is 0 Å². The normalized spacial score (nSPS) is 20.7. The predicted octanol–water partition coefficient (Wildman–Crippen LogP) is 10.3. The lowest BCUT2D eigenvalue weighted by atomic mass is 9.99. The van der Waals surface area contributed by atoms with E-state index in [1.165, 1.54) is 167 Å². The topological polar surface area (TPSA) is 192 Å². The van der Waals surface area contributed by atoms with Crippen molar-refractivity contribution in [2.24, 2.45) is 0 Å². The smallest absolute Gasteiger partial charge is 0.394 e. The number of hydrogen-bond acceptors (Lipinski definition) is 10. The fourth-order valence-corrected chi connectivity index (χ4v) is 8.67. The summed E-state index contributed by atoms with van der Waals surface area (Å²) in [5.41, 5.74) is 0. The minimum absolute atomic E-state index is 0.259. The van der Waals surface area contributed by atoms with Crippen molar-refractivity contribution in [3.05, 3.63) is 12.2 Å². The Kier molecular flexibility index (Phi) is 37.2. The van der Waals surface area contributed by atoms with Crippen molar-refractivity contribution < 1.29 is 51.8 Å². The minimum Gasteiger partial charge on any atom is -0.394 e. The molecule has 7 unspecified atom stereocenters. The first-order chi connectivity index (χ1) is 29.5. The molecule has 0 aromatic carbocycles. The molecule has 0 bridgehead atoms. The highest BCUT2D eigenvalue weighted by atomic mass is 32.3. The number of nitrogens with one attached hydrogen (secondary N) is 1. The lowest BCUT2D eigenvalue weighted by molar-refractivity contribution is -0.298. The van der Waals surface area contributed by atoms with Crippen LogP contribution in [0.3, 0.4) is 0 Å². The Morgan fingerprint density at radius 1 is 0.639 bits per heavy atom. The maximum Gasteiger partial charge on any atom is 0.397 e. The molecule has 1 fully saturated rings. The summed E-state index contributed by atoms with van der Waals surface area (Å²) in [5, 5.41) is 44.8. The molecular weight excluding hydrogens is 799 g/mol. The number of rotatable bonds is 43. The van der Waals surface area contributed by atoms with Crippen molar-refractivity contribution in [1.82, 2.24) is 5.32 Å².